The fourth-order valence-electron chi connectivity index (χ4n) is 1.62. The molecule has 1 aromatic rings. The van der Waals surface area contributed by atoms with Crippen LogP contribution in [0.5, 0.6) is 0 Å². The van der Waals surface area contributed by atoms with Gasteiger partial charge in [0.1, 0.15) is 0 Å². The minimum Gasteiger partial charge on any atom is -0.451 e. The van der Waals surface area contributed by atoms with Crippen molar-refractivity contribution >= 4 is 33.4 Å². The molecule has 0 amide bonds. The number of alkyl halides is 1. The second kappa shape index (κ2) is 4.83. The molecule has 0 radical (unpaired) electrons. The number of benzene rings is 1. The van der Waals surface area contributed by atoms with Gasteiger partial charge in [0.2, 0.25) is 8.32 Å². The van der Waals surface area contributed by atoms with Gasteiger partial charge in [0, 0.05) is 5.50 Å². The summed E-state index contributed by atoms with van der Waals surface area (Å²) >= 11 is 5.95. The molecule has 84 valence electrons. The highest BCUT2D eigenvalue weighted by molar-refractivity contribution is 6.93. The first-order valence-electron chi connectivity index (χ1n) is 5.19. The summed E-state index contributed by atoms with van der Waals surface area (Å²) in [6, 6.07) is 10.5. The van der Waals surface area contributed by atoms with Crippen LogP contribution in [0.1, 0.15) is 0 Å². The first-order valence-corrected chi connectivity index (χ1v) is 11.7. The quantitative estimate of drug-likeness (QED) is 0.596. The summed E-state index contributed by atoms with van der Waals surface area (Å²) < 4.78 is 6.31. The molecule has 1 nitrogen and oxygen atoms in total. The van der Waals surface area contributed by atoms with Crippen LogP contribution in [0, 0.1) is 0 Å². The SMILES string of the molecule is C[Si](C)(CCl)O[Si](C)(C)c1ccccc1. The third-order valence-electron chi connectivity index (χ3n) is 2.32. The Labute approximate surface area is 99.7 Å². The van der Waals surface area contributed by atoms with E-state index in [1.165, 1.54) is 5.19 Å². The molecule has 0 unspecified atom stereocenters. The Morgan fingerprint density at radius 2 is 1.60 bits per heavy atom. The van der Waals surface area contributed by atoms with Gasteiger partial charge >= 0.3 is 0 Å². The van der Waals surface area contributed by atoms with E-state index in [4.69, 9.17) is 15.7 Å². The molecule has 15 heavy (non-hydrogen) atoms. The third-order valence-corrected chi connectivity index (χ3v) is 10.9. The molecule has 0 heterocycles. The lowest BCUT2D eigenvalue weighted by Gasteiger charge is -2.32. The molecule has 0 aliphatic rings. The van der Waals surface area contributed by atoms with E-state index in [0.717, 1.165) is 0 Å². The van der Waals surface area contributed by atoms with Crippen molar-refractivity contribution in [3.8, 4) is 0 Å². The molecule has 0 saturated heterocycles. The Hall–Kier alpha value is -0.0962. The maximum Gasteiger partial charge on any atom is 0.205 e. The smallest absolute Gasteiger partial charge is 0.205 e. The molecule has 0 N–H and O–H groups in total. The van der Waals surface area contributed by atoms with Crippen molar-refractivity contribution in [2.45, 2.75) is 26.2 Å². The minimum atomic E-state index is -1.76. The molecular weight excluding hydrogens is 240 g/mol. The monoisotopic (exact) mass is 258 g/mol. The summed E-state index contributed by atoms with van der Waals surface area (Å²) in [7, 11) is -3.43. The number of halogens is 1. The first-order chi connectivity index (χ1) is 6.87. The van der Waals surface area contributed by atoms with Crippen molar-refractivity contribution < 1.29 is 4.12 Å². The predicted octanol–water partition coefficient (Wildman–Crippen LogP) is 3.10. The van der Waals surface area contributed by atoms with Gasteiger partial charge in [0.25, 0.3) is 0 Å². The molecular formula is C11H19ClOSi2. The van der Waals surface area contributed by atoms with Crippen LogP contribution in [0.25, 0.3) is 0 Å². The summed E-state index contributed by atoms with van der Waals surface area (Å²) in [5.74, 6) is 0. The van der Waals surface area contributed by atoms with Gasteiger partial charge in [0.15, 0.2) is 8.32 Å². The molecule has 0 spiro atoms. The summed E-state index contributed by atoms with van der Waals surface area (Å²) in [4.78, 5) is 0. The molecule has 0 aliphatic carbocycles. The molecule has 4 heteroatoms. The molecule has 0 saturated carbocycles. The van der Waals surface area contributed by atoms with Crippen molar-refractivity contribution in [1.29, 1.82) is 0 Å². The summed E-state index contributed by atoms with van der Waals surface area (Å²) in [5.41, 5.74) is 0.663. The fourth-order valence-corrected chi connectivity index (χ4v) is 9.32. The zero-order chi connectivity index (χ0) is 11.5. The maximum atomic E-state index is 6.31. The minimum absolute atomic E-state index is 0.663. The van der Waals surface area contributed by atoms with E-state index >= 15 is 0 Å². The van der Waals surface area contributed by atoms with Gasteiger partial charge < -0.3 is 4.12 Å². The zero-order valence-corrected chi connectivity index (χ0v) is 12.6. The van der Waals surface area contributed by atoms with E-state index in [2.05, 4.69) is 50.5 Å². The van der Waals surface area contributed by atoms with Crippen molar-refractivity contribution in [3.63, 3.8) is 0 Å². The second-order valence-electron chi connectivity index (χ2n) is 4.87. The van der Waals surface area contributed by atoms with Crippen molar-refractivity contribution in [1.82, 2.24) is 0 Å². The standard InChI is InChI=1S/C11H19ClOSi2/c1-14(2,10-12)13-15(3,4)11-8-6-5-7-9-11/h5-9H,10H2,1-4H3. The van der Waals surface area contributed by atoms with Gasteiger partial charge in [-0.05, 0) is 31.4 Å². The molecule has 0 bridgehead atoms. The maximum absolute atomic E-state index is 6.31. The Morgan fingerprint density at radius 1 is 1.07 bits per heavy atom. The average molecular weight is 259 g/mol. The van der Waals surface area contributed by atoms with E-state index in [1.807, 2.05) is 6.07 Å². The highest BCUT2D eigenvalue weighted by atomic mass is 35.5. The number of rotatable bonds is 4. The normalized spacial score (nSPS) is 12.9. The van der Waals surface area contributed by atoms with Gasteiger partial charge in [-0.15, -0.1) is 11.6 Å². The Morgan fingerprint density at radius 3 is 2.07 bits per heavy atom. The van der Waals surface area contributed by atoms with E-state index in [1.54, 1.807) is 0 Å². The van der Waals surface area contributed by atoms with Crippen LogP contribution in [-0.4, -0.2) is 22.1 Å². The van der Waals surface area contributed by atoms with Crippen molar-refractivity contribution in [3.05, 3.63) is 30.3 Å². The van der Waals surface area contributed by atoms with Gasteiger partial charge in [-0.3, -0.25) is 0 Å². The second-order valence-corrected chi connectivity index (χ2v) is 13.9. The van der Waals surface area contributed by atoms with Gasteiger partial charge in [-0.2, -0.15) is 0 Å². The van der Waals surface area contributed by atoms with Crippen molar-refractivity contribution in [2.75, 3.05) is 5.50 Å². The zero-order valence-electron chi connectivity index (χ0n) is 9.88. The van der Waals surface area contributed by atoms with Gasteiger partial charge in [-0.1, -0.05) is 30.3 Å². The van der Waals surface area contributed by atoms with Gasteiger partial charge in [-0.25, -0.2) is 0 Å². The van der Waals surface area contributed by atoms with Crippen LogP contribution in [0.15, 0.2) is 30.3 Å². The number of hydrogen-bond donors (Lipinski definition) is 0. The molecule has 1 rings (SSSR count). The Balaban J connectivity index is 2.85. The molecule has 1 aromatic carbocycles. The summed E-state index contributed by atoms with van der Waals surface area (Å²) in [5, 5.41) is 1.34. The first kappa shape index (κ1) is 13.0. The lowest BCUT2D eigenvalue weighted by molar-refractivity contribution is 0.564. The predicted molar refractivity (Wildman–Crippen MR) is 72.8 cm³/mol. The number of hydrogen-bond acceptors (Lipinski definition) is 1. The summed E-state index contributed by atoms with van der Waals surface area (Å²) in [6.07, 6.45) is 0. The summed E-state index contributed by atoms with van der Waals surface area (Å²) in [6.45, 7) is 8.84. The van der Waals surface area contributed by atoms with Crippen LogP contribution in [-0.2, 0) is 4.12 Å². The third kappa shape index (κ3) is 3.76. The van der Waals surface area contributed by atoms with Crippen LogP contribution >= 0.6 is 11.6 Å². The van der Waals surface area contributed by atoms with Gasteiger partial charge in [0.05, 0.1) is 0 Å². The highest BCUT2D eigenvalue weighted by Crippen LogP contribution is 2.15. The van der Waals surface area contributed by atoms with Crippen LogP contribution < -0.4 is 5.19 Å². The van der Waals surface area contributed by atoms with Crippen molar-refractivity contribution in [2.24, 2.45) is 0 Å². The largest absolute Gasteiger partial charge is 0.451 e. The Bertz CT molecular complexity index is 312. The lowest BCUT2D eigenvalue weighted by atomic mass is 10.4. The molecule has 0 fully saturated rings. The molecule has 0 aromatic heterocycles. The van der Waals surface area contributed by atoms with E-state index in [9.17, 15) is 0 Å². The highest BCUT2D eigenvalue weighted by Gasteiger charge is 2.33. The molecule has 0 aliphatic heterocycles. The topological polar surface area (TPSA) is 9.23 Å². The van der Waals surface area contributed by atoms with Crippen LogP contribution in [0.4, 0.5) is 0 Å². The van der Waals surface area contributed by atoms with E-state index < -0.39 is 16.6 Å². The average Bonchev–Trinajstić information content (AvgIpc) is 2.18. The van der Waals surface area contributed by atoms with Crippen LogP contribution in [0.3, 0.4) is 0 Å². The Kier molecular flexibility index (Phi) is 4.17. The fraction of sp³-hybridized carbons (Fsp3) is 0.455. The van der Waals surface area contributed by atoms with E-state index in [-0.39, 0.29) is 0 Å². The molecule has 0 atom stereocenters. The lowest BCUT2D eigenvalue weighted by Crippen LogP contribution is -2.53. The van der Waals surface area contributed by atoms with E-state index in [0.29, 0.717) is 5.50 Å². The van der Waals surface area contributed by atoms with Crippen LogP contribution in [0.2, 0.25) is 26.2 Å².